The molecule has 0 aliphatic carbocycles. The Morgan fingerprint density at radius 1 is 1.80 bits per heavy atom. The third-order valence-corrected chi connectivity index (χ3v) is 0.840. The Morgan fingerprint density at radius 2 is 2.70 bits per heavy atom. The molecule has 0 atom stereocenters. The molecule has 0 N–H and O–H groups in total. The zero-order valence-electron chi connectivity index (χ0n) is 5.51. The van der Waals surface area contributed by atoms with Crippen LogP contribution in [0, 0.1) is 0 Å². The van der Waals surface area contributed by atoms with Crippen molar-refractivity contribution in [1.82, 2.24) is 20.2 Å². The van der Waals surface area contributed by atoms with Gasteiger partial charge in [-0.1, -0.05) is 5.16 Å². The summed E-state index contributed by atoms with van der Waals surface area (Å²) >= 11 is 0. The summed E-state index contributed by atoms with van der Waals surface area (Å²) in [4.78, 5) is 4.43. The van der Waals surface area contributed by atoms with Crippen molar-refractivity contribution < 1.29 is 4.84 Å². The molecule has 0 radical (unpaired) electrons. The summed E-state index contributed by atoms with van der Waals surface area (Å²) in [5, 5.41) is 14.0. The number of rotatable bonds is 3. The van der Waals surface area contributed by atoms with E-state index in [1.165, 1.54) is 18.1 Å². The minimum atomic E-state index is 0.529. The molecular formula is C4H7N5O. The van der Waals surface area contributed by atoms with Gasteiger partial charge in [0.2, 0.25) is 0 Å². The van der Waals surface area contributed by atoms with Crippen molar-refractivity contribution >= 4 is 6.21 Å². The molecule has 54 valence electrons. The predicted octanol–water partition coefficient (Wildman–Crippen LogP) is -0.695. The van der Waals surface area contributed by atoms with Crippen molar-refractivity contribution in [2.75, 3.05) is 7.11 Å². The third kappa shape index (κ3) is 1.81. The van der Waals surface area contributed by atoms with Crippen LogP contribution in [0.1, 0.15) is 0 Å². The van der Waals surface area contributed by atoms with Crippen molar-refractivity contribution in [3.63, 3.8) is 0 Å². The van der Waals surface area contributed by atoms with Gasteiger partial charge < -0.3 is 4.84 Å². The molecule has 1 rings (SSSR count). The molecule has 10 heavy (non-hydrogen) atoms. The van der Waals surface area contributed by atoms with E-state index in [0.29, 0.717) is 6.54 Å². The maximum Gasteiger partial charge on any atom is 0.138 e. The van der Waals surface area contributed by atoms with Gasteiger partial charge in [0.25, 0.3) is 0 Å². The van der Waals surface area contributed by atoms with Crippen LogP contribution in [-0.4, -0.2) is 33.5 Å². The lowest BCUT2D eigenvalue weighted by Gasteiger charge is -1.88. The number of hydrogen-bond donors (Lipinski definition) is 0. The highest BCUT2D eigenvalue weighted by atomic mass is 16.6. The molecule has 1 heterocycles. The molecule has 1 aromatic heterocycles. The van der Waals surface area contributed by atoms with Crippen molar-refractivity contribution in [2.24, 2.45) is 5.16 Å². The Hall–Kier alpha value is -1.46. The Balaban J connectivity index is 2.34. The van der Waals surface area contributed by atoms with E-state index < -0.39 is 0 Å². The highest BCUT2D eigenvalue weighted by molar-refractivity contribution is 5.55. The van der Waals surface area contributed by atoms with Gasteiger partial charge in [-0.25, -0.2) is 4.68 Å². The molecule has 0 unspecified atom stereocenters. The topological polar surface area (TPSA) is 65.2 Å². The monoisotopic (exact) mass is 141 g/mol. The van der Waals surface area contributed by atoms with Crippen LogP contribution in [0.3, 0.4) is 0 Å². The molecule has 1 aromatic rings. The van der Waals surface area contributed by atoms with E-state index in [2.05, 4.69) is 25.5 Å². The van der Waals surface area contributed by atoms with E-state index in [0.717, 1.165) is 0 Å². The fraction of sp³-hybridized carbons (Fsp3) is 0.500. The van der Waals surface area contributed by atoms with Crippen LogP contribution in [0.4, 0.5) is 0 Å². The molecule has 0 spiro atoms. The quantitative estimate of drug-likeness (QED) is 0.412. The lowest BCUT2D eigenvalue weighted by atomic mass is 10.7. The van der Waals surface area contributed by atoms with Gasteiger partial charge in [-0.15, -0.1) is 5.10 Å². The Morgan fingerprint density at radius 3 is 3.30 bits per heavy atom. The summed E-state index contributed by atoms with van der Waals surface area (Å²) in [5.41, 5.74) is 0. The average Bonchev–Trinajstić information content (AvgIpc) is 2.41. The molecule has 6 nitrogen and oxygen atoms in total. The molecule has 0 aromatic carbocycles. The standard InChI is InChI=1S/C4H7N5O/c1-10-6-2-3-9-4-5-7-8-9/h2,4H,3H2,1H3/b6-2+. The van der Waals surface area contributed by atoms with Crippen molar-refractivity contribution in [3.8, 4) is 0 Å². The van der Waals surface area contributed by atoms with Crippen LogP contribution in [-0.2, 0) is 11.4 Å². The van der Waals surface area contributed by atoms with E-state index in [-0.39, 0.29) is 0 Å². The van der Waals surface area contributed by atoms with Gasteiger partial charge in [0.05, 0.1) is 12.8 Å². The summed E-state index contributed by atoms with van der Waals surface area (Å²) in [6.07, 6.45) is 3.07. The maximum atomic E-state index is 4.43. The Bertz CT molecular complexity index is 193. The molecule has 0 saturated carbocycles. The first-order chi connectivity index (χ1) is 4.93. The fourth-order valence-electron chi connectivity index (χ4n) is 0.455. The van der Waals surface area contributed by atoms with Gasteiger partial charge in [0.15, 0.2) is 0 Å². The summed E-state index contributed by atoms with van der Waals surface area (Å²) in [6, 6.07) is 0. The molecule has 0 bridgehead atoms. The van der Waals surface area contributed by atoms with E-state index in [4.69, 9.17) is 0 Å². The third-order valence-electron chi connectivity index (χ3n) is 0.840. The minimum absolute atomic E-state index is 0.529. The van der Waals surface area contributed by atoms with E-state index in [1.54, 1.807) is 6.21 Å². The van der Waals surface area contributed by atoms with Crippen molar-refractivity contribution in [3.05, 3.63) is 6.33 Å². The van der Waals surface area contributed by atoms with Crippen molar-refractivity contribution in [2.45, 2.75) is 6.54 Å². The van der Waals surface area contributed by atoms with Gasteiger partial charge in [0, 0.05) is 0 Å². The number of oxime groups is 1. The molecular weight excluding hydrogens is 134 g/mol. The van der Waals surface area contributed by atoms with E-state index in [9.17, 15) is 0 Å². The lowest BCUT2D eigenvalue weighted by Crippen LogP contribution is -1.99. The van der Waals surface area contributed by atoms with Crippen LogP contribution in [0.25, 0.3) is 0 Å². The first kappa shape index (κ1) is 6.66. The van der Waals surface area contributed by atoms with Crippen LogP contribution in [0.15, 0.2) is 11.5 Å². The zero-order valence-corrected chi connectivity index (χ0v) is 5.51. The second-order valence-corrected chi connectivity index (χ2v) is 1.50. The molecule has 6 heteroatoms. The number of tetrazole rings is 1. The SMILES string of the molecule is CO/N=C/Cn1cnnn1. The van der Waals surface area contributed by atoms with Gasteiger partial charge in [-0.2, -0.15) is 0 Å². The fourth-order valence-corrected chi connectivity index (χ4v) is 0.455. The van der Waals surface area contributed by atoms with Crippen LogP contribution >= 0.6 is 0 Å². The average molecular weight is 141 g/mol. The van der Waals surface area contributed by atoms with Gasteiger partial charge in [-0.05, 0) is 10.4 Å². The second-order valence-electron chi connectivity index (χ2n) is 1.50. The van der Waals surface area contributed by atoms with Gasteiger partial charge in [-0.3, -0.25) is 0 Å². The summed E-state index contributed by atoms with van der Waals surface area (Å²) in [7, 11) is 1.48. The minimum Gasteiger partial charge on any atom is -0.399 e. The van der Waals surface area contributed by atoms with Crippen LogP contribution in [0.2, 0.25) is 0 Å². The number of nitrogens with zero attached hydrogens (tertiary/aromatic N) is 5. The maximum absolute atomic E-state index is 4.43. The molecule has 0 saturated heterocycles. The largest absolute Gasteiger partial charge is 0.399 e. The van der Waals surface area contributed by atoms with E-state index in [1.807, 2.05) is 0 Å². The summed E-state index contributed by atoms with van der Waals surface area (Å²) in [6.45, 7) is 0.529. The first-order valence-electron chi connectivity index (χ1n) is 2.69. The highest BCUT2D eigenvalue weighted by Gasteiger charge is 1.85. The number of hydrogen-bond acceptors (Lipinski definition) is 5. The van der Waals surface area contributed by atoms with Gasteiger partial charge >= 0.3 is 0 Å². The van der Waals surface area contributed by atoms with Crippen molar-refractivity contribution in [1.29, 1.82) is 0 Å². The summed E-state index contributed by atoms with van der Waals surface area (Å²) in [5.74, 6) is 0. The molecule has 0 aliphatic rings. The first-order valence-corrected chi connectivity index (χ1v) is 2.69. The highest BCUT2D eigenvalue weighted by Crippen LogP contribution is 1.73. The lowest BCUT2D eigenvalue weighted by molar-refractivity contribution is 0.214. The van der Waals surface area contributed by atoms with Crippen LogP contribution in [0.5, 0.6) is 0 Å². The smallest absolute Gasteiger partial charge is 0.138 e. The van der Waals surface area contributed by atoms with E-state index >= 15 is 0 Å². The Labute approximate surface area is 57.5 Å². The molecule has 0 fully saturated rings. The molecule has 0 aliphatic heterocycles. The molecule has 0 amide bonds. The summed E-state index contributed by atoms with van der Waals surface area (Å²) < 4.78 is 1.53. The predicted molar refractivity (Wildman–Crippen MR) is 33.3 cm³/mol. The Kier molecular flexibility index (Phi) is 2.36. The normalized spacial score (nSPS) is 10.5. The van der Waals surface area contributed by atoms with Crippen LogP contribution < -0.4 is 0 Å². The second kappa shape index (κ2) is 3.54. The van der Waals surface area contributed by atoms with Gasteiger partial charge in [0.1, 0.15) is 13.4 Å². The zero-order chi connectivity index (χ0) is 7.23. The number of aromatic nitrogens is 4.